The smallest absolute Gasteiger partial charge is 0.303 e. The Balaban J connectivity index is 1.12. The Morgan fingerprint density at radius 3 is 2.71 bits per heavy atom. The molecule has 2 aliphatic rings. The van der Waals surface area contributed by atoms with Crippen LogP contribution < -0.4 is 0 Å². The molecular weight excluding hydrogens is 444 g/mol. The van der Waals surface area contributed by atoms with Gasteiger partial charge in [0.2, 0.25) is 0 Å². The van der Waals surface area contributed by atoms with Crippen molar-refractivity contribution in [3.05, 3.63) is 59.8 Å². The summed E-state index contributed by atoms with van der Waals surface area (Å²) in [5.74, 6) is 9.19. The normalized spacial score (nSPS) is 21.8. The van der Waals surface area contributed by atoms with Crippen LogP contribution >= 0.6 is 0 Å². The molecule has 1 aromatic carbocycles. The second-order valence-corrected chi connectivity index (χ2v) is 9.58. The standard InChI is InChI=1S/C27H30N4O4/c1-18(32)27-28-11-13-31(27)15-21-14-25(35-29-21)20-8-5-19(6-9-20)7-10-22-23-16-30(17-24(22)23)12-3-2-4-26(33)34/h5-6,8-9,11,13-14,18,22-24,32H,2-4,12,15-17H2,1H3,(H,33,34)/t18-,22?,23-,24+/m0/s1. The topological polar surface area (TPSA) is 105 Å². The maximum absolute atomic E-state index is 10.6. The highest BCUT2D eigenvalue weighted by Crippen LogP contribution is 2.51. The van der Waals surface area contributed by atoms with E-state index < -0.39 is 12.1 Å². The molecule has 1 aliphatic heterocycles. The number of unbranched alkanes of at least 4 members (excludes halogenated alkanes) is 1. The van der Waals surface area contributed by atoms with E-state index in [4.69, 9.17) is 9.63 Å². The van der Waals surface area contributed by atoms with Crippen LogP contribution in [0.2, 0.25) is 0 Å². The van der Waals surface area contributed by atoms with E-state index in [1.54, 1.807) is 13.1 Å². The van der Waals surface area contributed by atoms with E-state index in [9.17, 15) is 9.90 Å². The number of hydrogen-bond acceptors (Lipinski definition) is 6. The average Bonchev–Trinajstić information content (AvgIpc) is 3.32. The van der Waals surface area contributed by atoms with E-state index in [-0.39, 0.29) is 6.42 Å². The van der Waals surface area contributed by atoms with Gasteiger partial charge in [0, 0.05) is 55.0 Å². The second-order valence-electron chi connectivity index (χ2n) is 9.58. The van der Waals surface area contributed by atoms with Gasteiger partial charge in [0.1, 0.15) is 17.6 Å². The van der Waals surface area contributed by atoms with Crippen molar-refractivity contribution in [3.8, 4) is 23.2 Å². The van der Waals surface area contributed by atoms with Gasteiger partial charge in [0.25, 0.3) is 0 Å². The highest BCUT2D eigenvalue weighted by Gasteiger charge is 2.54. The lowest BCUT2D eigenvalue weighted by Gasteiger charge is -2.17. The number of aromatic nitrogens is 3. The number of nitrogens with zero attached hydrogens (tertiary/aromatic N) is 4. The number of hydrogen-bond donors (Lipinski definition) is 2. The van der Waals surface area contributed by atoms with Gasteiger partial charge in [-0.3, -0.25) is 4.79 Å². The number of aliphatic hydroxyl groups excluding tert-OH is 1. The number of likely N-dealkylation sites (tertiary alicyclic amines) is 1. The zero-order chi connectivity index (χ0) is 24.4. The zero-order valence-electron chi connectivity index (χ0n) is 19.8. The van der Waals surface area contributed by atoms with Gasteiger partial charge in [-0.2, -0.15) is 0 Å². The molecule has 1 saturated carbocycles. The largest absolute Gasteiger partial charge is 0.481 e. The minimum Gasteiger partial charge on any atom is -0.481 e. The molecule has 0 radical (unpaired) electrons. The predicted molar refractivity (Wildman–Crippen MR) is 129 cm³/mol. The Labute approximate surface area is 204 Å². The lowest BCUT2D eigenvalue weighted by atomic mass is 10.1. The number of fused-ring (bicyclic) bond motifs is 1. The molecule has 0 bridgehead atoms. The summed E-state index contributed by atoms with van der Waals surface area (Å²) in [5, 5.41) is 22.7. The Morgan fingerprint density at radius 2 is 2.00 bits per heavy atom. The molecule has 2 aromatic heterocycles. The molecule has 1 unspecified atom stereocenters. The first kappa shape index (κ1) is 23.3. The molecule has 3 aromatic rings. The minimum absolute atomic E-state index is 0.265. The molecule has 2 fully saturated rings. The number of carboxylic acid groups (broad SMARTS) is 1. The third-order valence-electron chi connectivity index (χ3n) is 6.95. The van der Waals surface area contributed by atoms with Crippen molar-refractivity contribution in [1.29, 1.82) is 0 Å². The van der Waals surface area contributed by atoms with E-state index in [1.165, 1.54) is 0 Å². The third kappa shape index (κ3) is 5.47. The Hall–Kier alpha value is -3.41. The van der Waals surface area contributed by atoms with Crippen LogP contribution in [0.4, 0.5) is 0 Å². The molecule has 4 atom stereocenters. The number of rotatable bonds is 9. The maximum atomic E-state index is 10.6. The number of piperidine rings is 1. The van der Waals surface area contributed by atoms with Crippen LogP contribution in [0, 0.1) is 29.6 Å². The van der Waals surface area contributed by atoms with Crippen LogP contribution in [0.5, 0.6) is 0 Å². The highest BCUT2D eigenvalue weighted by atomic mass is 16.5. The van der Waals surface area contributed by atoms with Crippen molar-refractivity contribution in [3.63, 3.8) is 0 Å². The lowest BCUT2D eigenvalue weighted by Crippen LogP contribution is -2.25. The Bertz CT molecular complexity index is 1220. The number of carbonyl (C=O) groups is 1. The van der Waals surface area contributed by atoms with Crippen molar-refractivity contribution in [2.45, 2.75) is 38.8 Å². The van der Waals surface area contributed by atoms with Crippen molar-refractivity contribution in [1.82, 2.24) is 19.6 Å². The number of aliphatic hydroxyl groups is 1. The molecule has 0 spiro atoms. The first-order valence-electron chi connectivity index (χ1n) is 12.2. The SMILES string of the molecule is C[C@H](O)c1nccn1Cc1cc(-c2ccc(C#CC3[C@H]4CN(CCCCC(=O)O)C[C@@H]34)cc2)on1. The van der Waals surface area contributed by atoms with Crippen LogP contribution in [-0.2, 0) is 11.3 Å². The Morgan fingerprint density at radius 1 is 1.23 bits per heavy atom. The van der Waals surface area contributed by atoms with Crippen LogP contribution in [-0.4, -0.2) is 55.4 Å². The molecule has 2 N–H and O–H groups in total. The highest BCUT2D eigenvalue weighted by molar-refractivity contribution is 5.66. The molecule has 8 heteroatoms. The summed E-state index contributed by atoms with van der Waals surface area (Å²) < 4.78 is 7.40. The van der Waals surface area contributed by atoms with Gasteiger partial charge in [-0.15, -0.1) is 0 Å². The van der Waals surface area contributed by atoms with E-state index >= 15 is 0 Å². The Kier molecular flexibility index (Phi) is 6.71. The minimum atomic E-state index is -0.708. The molecule has 8 nitrogen and oxygen atoms in total. The van der Waals surface area contributed by atoms with E-state index in [2.05, 4.69) is 26.9 Å². The van der Waals surface area contributed by atoms with Crippen molar-refractivity contribution < 1.29 is 19.5 Å². The van der Waals surface area contributed by atoms with Crippen LogP contribution in [0.3, 0.4) is 0 Å². The van der Waals surface area contributed by atoms with Gasteiger partial charge in [-0.05, 0) is 62.4 Å². The van der Waals surface area contributed by atoms with Crippen LogP contribution in [0.1, 0.15) is 49.4 Å². The van der Waals surface area contributed by atoms with E-state index in [1.807, 2.05) is 41.1 Å². The fourth-order valence-corrected chi connectivity index (χ4v) is 5.03. The quantitative estimate of drug-likeness (QED) is 0.362. The van der Waals surface area contributed by atoms with Crippen LogP contribution in [0.25, 0.3) is 11.3 Å². The molecule has 1 aliphatic carbocycles. The number of imidazole rings is 1. The average molecular weight is 475 g/mol. The van der Waals surface area contributed by atoms with Crippen molar-refractivity contribution in [2.24, 2.45) is 17.8 Å². The predicted octanol–water partition coefficient (Wildman–Crippen LogP) is 3.42. The molecule has 35 heavy (non-hydrogen) atoms. The first-order chi connectivity index (χ1) is 17.0. The van der Waals surface area contributed by atoms with Gasteiger partial charge < -0.3 is 24.2 Å². The lowest BCUT2D eigenvalue weighted by molar-refractivity contribution is -0.137. The summed E-state index contributed by atoms with van der Waals surface area (Å²) in [5.41, 5.74) is 2.70. The fourth-order valence-electron chi connectivity index (χ4n) is 5.03. The summed E-state index contributed by atoms with van der Waals surface area (Å²) in [6.07, 6.45) is 4.81. The number of benzene rings is 1. The van der Waals surface area contributed by atoms with Gasteiger partial charge >= 0.3 is 5.97 Å². The molecular formula is C27H30N4O4. The van der Waals surface area contributed by atoms with E-state index in [0.29, 0.717) is 35.9 Å². The van der Waals surface area contributed by atoms with E-state index in [0.717, 1.165) is 49.3 Å². The van der Waals surface area contributed by atoms with Gasteiger partial charge in [-0.25, -0.2) is 4.98 Å². The molecule has 1 saturated heterocycles. The van der Waals surface area contributed by atoms with Crippen LogP contribution in [0.15, 0.2) is 47.2 Å². The van der Waals surface area contributed by atoms with Gasteiger partial charge in [-0.1, -0.05) is 17.0 Å². The summed E-state index contributed by atoms with van der Waals surface area (Å²) in [6.45, 7) is 5.34. The third-order valence-corrected chi connectivity index (χ3v) is 6.95. The monoisotopic (exact) mass is 474 g/mol. The van der Waals surface area contributed by atoms with Gasteiger partial charge in [0.05, 0.1) is 6.54 Å². The summed E-state index contributed by atoms with van der Waals surface area (Å²) in [7, 11) is 0. The second kappa shape index (κ2) is 10.1. The number of aliphatic carboxylic acids is 1. The summed E-state index contributed by atoms with van der Waals surface area (Å²) in [6, 6.07) is 9.93. The zero-order valence-corrected chi connectivity index (χ0v) is 19.8. The maximum Gasteiger partial charge on any atom is 0.303 e. The molecule has 3 heterocycles. The van der Waals surface area contributed by atoms with Crippen molar-refractivity contribution in [2.75, 3.05) is 19.6 Å². The molecule has 182 valence electrons. The molecule has 5 rings (SSSR count). The fraction of sp³-hybridized carbons (Fsp3) is 0.444. The summed E-state index contributed by atoms with van der Waals surface area (Å²) >= 11 is 0. The van der Waals surface area contributed by atoms with Crippen molar-refractivity contribution >= 4 is 5.97 Å². The molecule has 0 amide bonds. The first-order valence-corrected chi connectivity index (χ1v) is 12.2. The number of carboxylic acids is 1. The summed E-state index contributed by atoms with van der Waals surface area (Å²) in [4.78, 5) is 17.3. The van der Waals surface area contributed by atoms with Gasteiger partial charge in [0.15, 0.2) is 5.76 Å².